The molecule has 0 heterocycles. The van der Waals surface area contributed by atoms with Gasteiger partial charge in [-0.05, 0) is 49.7 Å². The van der Waals surface area contributed by atoms with E-state index in [2.05, 4.69) is 22.8 Å². The first-order valence-corrected chi connectivity index (χ1v) is 9.74. The highest BCUT2D eigenvalue weighted by molar-refractivity contribution is 5.89. The molecule has 1 aliphatic rings. The Labute approximate surface area is 161 Å². The zero-order valence-corrected chi connectivity index (χ0v) is 16.0. The van der Waals surface area contributed by atoms with E-state index in [1.54, 1.807) is 0 Å². The van der Waals surface area contributed by atoms with Crippen LogP contribution >= 0.6 is 0 Å². The van der Waals surface area contributed by atoms with Crippen LogP contribution in [0, 0.1) is 5.92 Å². The topological polar surface area (TPSA) is 58.2 Å². The van der Waals surface area contributed by atoms with Gasteiger partial charge in [0.15, 0.2) is 0 Å². The molecule has 1 saturated carbocycles. The first-order chi connectivity index (χ1) is 13.0. The second kappa shape index (κ2) is 8.85. The minimum atomic E-state index is -0.670. The molecule has 3 rings (SSSR count). The van der Waals surface area contributed by atoms with Gasteiger partial charge in [0.1, 0.15) is 6.04 Å². The Kier molecular flexibility index (Phi) is 6.28. The van der Waals surface area contributed by atoms with Crippen molar-refractivity contribution in [2.45, 2.75) is 51.1 Å². The van der Waals surface area contributed by atoms with Gasteiger partial charge in [0.05, 0.1) is 0 Å². The lowest BCUT2D eigenvalue weighted by Crippen LogP contribution is -2.43. The summed E-state index contributed by atoms with van der Waals surface area (Å²) in [6.45, 7) is 3.83. The monoisotopic (exact) mass is 364 g/mol. The fraction of sp³-hybridized carbons (Fsp3) is 0.391. The molecule has 142 valence electrons. The number of rotatable bonds is 8. The van der Waals surface area contributed by atoms with E-state index in [-0.39, 0.29) is 23.8 Å². The van der Waals surface area contributed by atoms with Gasteiger partial charge in [-0.2, -0.15) is 0 Å². The molecule has 2 N–H and O–H groups in total. The Morgan fingerprint density at radius 3 is 1.96 bits per heavy atom. The molecule has 1 aliphatic carbocycles. The average molecular weight is 364 g/mol. The normalized spacial score (nSPS) is 15.8. The summed E-state index contributed by atoms with van der Waals surface area (Å²) < 4.78 is 0. The molecular formula is C23H28N2O2. The highest BCUT2D eigenvalue weighted by Gasteiger charge is 2.34. The van der Waals surface area contributed by atoms with Gasteiger partial charge in [-0.1, -0.05) is 60.7 Å². The van der Waals surface area contributed by atoms with E-state index in [1.165, 1.54) is 18.4 Å². The van der Waals surface area contributed by atoms with Crippen molar-refractivity contribution >= 4 is 11.8 Å². The van der Waals surface area contributed by atoms with Gasteiger partial charge in [-0.3, -0.25) is 9.59 Å². The van der Waals surface area contributed by atoms with E-state index < -0.39 is 6.04 Å². The molecule has 4 nitrogen and oxygen atoms in total. The molecule has 0 bridgehead atoms. The maximum absolute atomic E-state index is 12.8. The van der Waals surface area contributed by atoms with E-state index in [0.717, 1.165) is 5.56 Å². The summed E-state index contributed by atoms with van der Waals surface area (Å²) in [5.74, 6) is 0.532. The second-order valence-corrected chi connectivity index (χ2v) is 7.63. The highest BCUT2D eigenvalue weighted by Crippen LogP contribution is 2.44. The van der Waals surface area contributed by atoms with Crippen molar-refractivity contribution in [2.24, 2.45) is 5.92 Å². The Balaban J connectivity index is 1.72. The summed E-state index contributed by atoms with van der Waals surface area (Å²) >= 11 is 0. The predicted molar refractivity (Wildman–Crippen MR) is 107 cm³/mol. The van der Waals surface area contributed by atoms with Gasteiger partial charge in [0.2, 0.25) is 11.8 Å². The third kappa shape index (κ3) is 5.43. The molecule has 0 saturated heterocycles. The van der Waals surface area contributed by atoms with Gasteiger partial charge in [0, 0.05) is 12.5 Å². The summed E-state index contributed by atoms with van der Waals surface area (Å²) in [4.78, 5) is 25.5. The van der Waals surface area contributed by atoms with E-state index in [0.29, 0.717) is 12.3 Å². The van der Waals surface area contributed by atoms with Gasteiger partial charge in [0.25, 0.3) is 0 Å². The third-order valence-corrected chi connectivity index (χ3v) is 4.96. The summed E-state index contributed by atoms with van der Waals surface area (Å²) in [7, 11) is 0. The standard InChI is InChI=1S/C23H28N2O2/c1-16(2)24-23(27)22(19-11-7-4-8-12-19)25-21(26)15-20(18-13-14-18)17-9-5-3-6-10-17/h3-12,16,18,20,22H,13-15H2,1-2H3,(H,24,27)(H,25,26)/t20?,22-/m0/s1. The number of carbonyl (C=O) groups excluding carboxylic acids is 2. The molecule has 0 aromatic heterocycles. The fourth-order valence-electron chi connectivity index (χ4n) is 3.49. The van der Waals surface area contributed by atoms with Crippen molar-refractivity contribution in [3.05, 3.63) is 71.8 Å². The highest BCUT2D eigenvalue weighted by atomic mass is 16.2. The molecule has 1 unspecified atom stereocenters. The minimum absolute atomic E-state index is 0.0177. The zero-order valence-electron chi connectivity index (χ0n) is 16.0. The van der Waals surface area contributed by atoms with Crippen molar-refractivity contribution < 1.29 is 9.59 Å². The summed E-state index contributed by atoms with van der Waals surface area (Å²) in [5, 5.41) is 5.88. The van der Waals surface area contributed by atoms with Crippen LogP contribution in [0.2, 0.25) is 0 Å². The van der Waals surface area contributed by atoms with Gasteiger partial charge in [-0.15, -0.1) is 0 Å². The molecule has 2 aromatic carbocycles. The molecule has 4 heteroatoms. The van der Waals surface area contributed by atoms with Gasteiger partial charge < -0.3 is 10.6 Å². The Morgan fingerprint density at radius 1 is 0.889 bits per heavy atom. The van der Waals surface area contributed by atoms with Gasteiger partial charge in [-0.25, -0.2) is 0 Å². The van der Waals surface area contributed by atoms with E-state index in [4.69, 9.17) is 0 Å². The smallest absolute Gasteiger partial charge is 0.247 e. The van der Waals surface area contributed by atoms with Gasteiger partial charge >= 0.3 is 0 Å². The number of amides is 2. The van der Waals surface area contributed by atoms with Crippen LogP contribution in [-0.4, -0.2) is 17.9 Å². The largest absolute Gasteiger partial charge is 0.352 e. The number of hydrogen-bond donors (Lipinski definition) is 2. The third-order valence-electron chi connectivity index (χ3n) is 4.96. The maximum Gasteiger partial charge on any atom is 0.247 e. The molecular weight excluding hydrogens is 336 g/mol. The molecule has 0 spiro atoms. The molecule has 2 aromatic rings. The van der Waals surface area contributed by atoms with Crippen LogP contribution in [0.1, 0.15) is 56.2 Å². The lowest BCUT2D eigenvalue weighted by Gasteiger charge is -2.22. The van der Waals surface area contributed by atoms with Crippen LogP contribution in [0.4, 0.5) is 0 Å². The molecule has 0 radical (unpaired) electrons. The van der Waals surface area contributed by atoms with Crippen molar-refractivity contribution in [2.75, 3.05) is 0 Å². The minimum Gasteiger partial charge on any atom is -0.352 e. The number of nitrogens with one attached hydrogen (secondary N) is 2. The van der Waals surface area contributed by atoms with Crippen molar-refractivity contribution in [1.29, 1.82) is 0 Å². The van der Waals surface area contributed by atoms with E-state index in [1.807, 2.05) is 62.4 Å². The summed E-state index contributed by atoms with van der Waals surface area (Å²) in [5.41, 5.74) is 2.00. The van der Waals surface area contributed by atoms with Crippen LogP contribution in [0.15, 0.2) is 60.7 Å². The van der Waals surface area contributed by atoms with Crippen molar-refractivity contribution in [1.82, 2.24) is 10.6 Å². The average Bonchev–Trinajstić information content (AvgIpc) is 3.50. The zero-order chi connectivity index (χ0) is 19.2. The van der Waals surface area contributed by atoms with Crippen LogP contribution in [0.5, 0.6) is 0 Å². The Hall–Kier alpha value is -2.62. The molecule has 27 heavy (non-hydrogen) atoms. The summed E-state index contributed by atoms with van der Waals surface area (Å²) in [6.07, 6.45) is 2.75. The lowest BCUT2D eigenvalue weighted by molar-refractivity contribution is -0.129. The SMILES string of the molecule is CC(C)NC(=O)[C@@H](NC(=O)CC(c1ccccc1)C1CC1)c1ccccc1. The first-order valence-electron chi connectivity index (χ1n) is 9.74. The van der Waals surface area contributed by atoms with Crippen LogP contribution in [0.3, 0.4) is 0 Å². The molecule has 1 fully saturated rings. The number of hydrogen-bond acceptors (Lipinski definition) is 2. The quantitative estimate of drug-likeness (QED) is 0.745. The number of benzene rings is 2. The molecule has 0 aliphatic heterocycles. The maximum atomic E-state index is 12.8. The molecule has 2 atom stereocenters. The van der Waals surface area contributed by atoms with Crippen molar-refractivity contribution in [3.8, 4) is 0 Å². The fourth-order valence-corrected chi connectivity index (χ4v) is 3.49. The molecule has 2 amide bonds. The summed E-state index contributed by atoms with van der Waals surface area (Å²) in [6, 6.07) is 19.0. The van der Waals surface area contributed by atoms with Crippen LogP contribution in [-0.2, 0) is 9.59 Å². The van der Waals surface area contributed by atoms with Crippen LogP contribution < -0.4 is 10.6 Å². The van der Waals surface area contributed by atoms with E-state index >= 15 is 0 Å². The number of carbonyl (C=O) groups is 2. The van der Waals surface area contributed by atoms with Crippen LogP contribution in [0.25, 0.3) is 0 Å². The predicted octanol–water partition coefficient (Wildman–Crippen LogP) is 3.95. The van der Waals surface area contributed by atoms with E-state index in [9.17, 15) is 9.59 Å². The van der Waals surface area contributed by atoms with Crippen molar-refractivity contribution in [3.63, 3.8) is 0 Å². The Bertz CT molecular complexity index is 754. The second-order valence-electron chi connectivity index (χ2n) is 7.63. The first kappa shape index (κ1) is 19.2. The Morgan fingerprint density at radius 2 is 1.44 bits per heavy atom. The lowest BCUT2D eigenvalue weighted by atomic mass is 9.90.